The van der Waals surface area contributed by atoms with Crippen molar-refractivity contribution in [2.75, 3.05) is 26.2 Å². The Bertz CT molecular complexity index is 426. The van der Waals surface area contributed by atoms with Crippen molar-refractivity contribution in [1.29, 1.82) is 0 Å². The van der Waals surface area contributed by atoms with Crippen molar-refractivity contribution in [2.24, 2.45) is 0 Å². The fourth-order valence-electron chi connectivity index (χ4n) is 2.10. The minimum absolute atomic E-state index is 0.250. The summed E-state index contributed by atoms with van der Waals surface area (Å²) < 4.78 is 0. The van der Waals surface area contributed by atoms with E-state index in [-0.39, 0.29) is 18.4 Å². The molecule has 1 fully saturated rings. The zero-order valence-corrected chi connectivity index (χ0v) is 11.1. The molecule has 0 bridgehead atoms. The predicted molar refractivity (Wildman–Crippen MR) is 71.8 cm³/mol. The highest BCUT2D eigenvalue weighted by Crippen LogP contribution is 2.05. The maximum absolute atomic E-state index is 11.9. The third-order valence-corrected chi connectivity index (χ3v) is 3.23. The lowest BCUT2D eigenvalue weighted by Crippen LogP contribution is -2.59. The molecule has 2 amide bonds. The molecular weight excluding hydrogens is 244 g/mol. The van der Waals surface area contributed by atoms with Gasteiger partial charge in [-0.15, -0.1) is 0 Å². The van der Waals surface area contributed by atoms with Crippen LogP contribution in [0.5, 0.6) is 0 Å². The summed E-state index contributed by atoms with van der Waals surface area (Å²) in [6.45, 7) is 5.06. The van der Waals surface area contributed by atoms with Crippen molar-refractivity contribution >= 4 is 11.8 Å². The maximum atomic E-state index is 11.9. The standard InChI is InChI=1S/C13H20N4O2/c1-2-6-17(10-7-14-8-10)9-12(18)16-13(19)11-4-3-5-15-11/h3-5,10,14-15H,2,6-9H2,1H3,(H,16,18,19). The summed E-state index contributed by atoms with van der Waals surface area (Å²) in [4.78, 5) is 28.5. The van der Waals surface area contributed by atoms with Crippen LogP contribution in [0, 0.1) is 0 Å². The third kappa shape index (κ3) is 3.65. The summed E-state index contributed by atoms with van der Waals surface area (Å²) in [6.07, 6.45) is 2.65. The van der Waals surface area contributed by atoms with Crippen LogP contribution < -0.4 is 10.6 Å². The Labute approximate surface area is 112 Å². The monoisotopic (exact) mass is 264 g/mol. The molecule has 6 nitrogen and oxygen atoms in total. The van der Waals surface area contributed by atoms with Gasteiger partial charge in [0.05, 0.1) is 6.54 Å². The molecule has 0 aromatic carbocycles. The van der Waals surface area contributed by atoms with Crippen LogP contribution in [0.2, 0.25) is 0 Å². The molecule has 0 atom stereocenters. The highest BCUT2D eigenvalue weighted by atomic mass is 16.2. The second kappa shape index (κ2) is 6.49. The van der Waals surface area contributed by atoms with E-state index >= 15 is 0 Å². The van der Waals surface area contributed by atoms with Crippen molar-refractivity contribution < 1.29 is 9.59 Å². The molecule has 1 aliphatic heterocycles. The lowest BCUT2D eigenvalue weighted by atomic mass is 10.1. The van der Waals surface area contributed by atoms with E-state index in [0.717, 1.165) is 26.1 Å². The van der Waals surface area contributed by atoms with Crippen LogP contribution in [-0.4, -0.2) is 53.9 Å². The van der Waals surface area contributed by atoms with Gasteiger partial charge in [-0.3, -0.25) is 19.8 Å². The molecule has 2 rings (SSSR count). The minimum Gasteiger partial charge on any atom is -0.357 e. The first-order chi connectivity index (χ1) is 9.20. The fraction of sp³-hybridized carbons (Fsp3) is 0.538. The maximum Gasteiger partial charge on any atom is 0.274 e. The van der Waals surface area contributed by atoms with Crippen LogP contribution in [0.4, 0.5) is 0 Å². The molecule has 19 heavy (non-hydrogen) atoms. The van der Waals surface area contributed by atoms with Gasteiger partial charge in [0.25, 0.3) is 5.91 Å². The Morgan fingerprint density at radius 1 is 1.47 bits per heavy atom. The Hall–Kier alpha value is -1.66. The van der Waals surface area contributed by atoms with Gasteiger partial charge in [-0.2, -0.15) is 0 Å². The number of amides is 2. The first-order valence-electron chi connectivity index (χ1n) is 6.63. The molecule has 1 aliphatic rings. The minimum atomic E-state index is -0.377. The number of aromatic nitrogens is 1. The number of aromatic amines is 1. The van der Waals surface area contributed by atoms with E-state index in [2.05, 4.69) is 27.4 Å². The zero-order valence-electron chi connectivity index (χ0n) is 11.1. The largest absolute Gasteiger partial charge is 0.357 e. The van der Waals surface area contributed by atoms with Gasteiger partial charge in [-0.25, -0.2) is 0 Å². The highest BCUT2D eigenvalue weighted by molar-refractivity contribution is 6.04. The van der Waals surface area contributed by atoms with Crippen molar-refractivity contribution in [2.45, 2.75) is 19.4 Å². The molecule has 1 aromatic heterocycles. The number of hydrogen-bond donors (Lipinski definition) is 3. The molecule has 0 aliphatic carbocycles. The molecule has 0 unspecified atom stereocenters. The van der Waals surface area contributed by atoms with Gasteiger partial charge in [0.1, 0.15) is 5.69 Å². The van der Waals surface area contributed by atoms with Gasteiger partial charge in [-0.1, -0.05) is 6.92 Å². The quantitative estimate of drug-likeness (QED) is 0.673. The zero-order chi connectivity index (χ0) is 13.7. The first kappa shape index (κ1) is 13.8. The lowest BCUT2D eigenvalue weighted by molar-refractivity contribution is -0.122. The van der Waals surface area contributed by atoms with E-state index in [0.29, 0.717) is 11.7 Å². The number of carbonyl (C=O) groups is 2. The fourth-order valence-corrected chi connectivity index (χ4v) is 2.10. The SMILES string of the molecule is CCCN(CC(=O)NC(=O)c1ccc[nH]1)C1CNC1. The Kier molecular flexibility index (Phi) is 4.70. The Balaban J connectivity index is 1.83. The van der Waals surface area contributed by atoms with Crippen molar-refractivity contribution in [3.05, 3.63) is 24.0 Å². The average Bonchev–Trinajstić information content (AvgIpc) is 2.79. The summed E-state index contributed by atoms with van der Waals surface area (Å²) in [6, 6.07) is 3.77. The Morgan fingerprint density at radius 3 is 2.79 bits per heavy atom. The molecule has 0 radical (unpaired) electrons. The lowest BCUT2D eigenvalue weighted by Gasteiger charge is -2.37. The summed E-state index contributed by atoms with van der Waals surface area (Å²) in [5.41, 5.74) is 0.403. The van der Waals surface area contributed by atoms with E-state index in [9.17, 15) is 9.59 Å². The normalized spacial score (nSPS) is 15.3. The summed E-state index contributed by atoms with van der Waals surface area (Å²) in [7, 11) is 0. The van der Waals surface area contributed by atoms with Crippen molar-refractivity contribution in [1.82, 2.24) is 20.5 Å². The number of nitrogens with zero attached hydrogens (tertiary/aromatic N) is 1. The molecule has 104 valence electrons. The van der Waals surface area contributed by atoms with Crippen LogP contribution in [-0.2, 0) is 4.79 Å². The van der Waals surface area contributed by atoms with Crippen LogP contribution in [0.3, 0.4) is 0 Å². The summed E-state index contributed by atoms with van der Waals surface area (Å²) in [5, 5.41) is 5.59. The molecule has 1 aromatic rings. The number of carbonyl (C=O) groups excluding carboxylic acids is 2. The van der Waals surface area contributed by atoms with E-state index in [1.165, 1.54) is 0 Å². The van der Waals surface area contributed by atoms with E-state index in [4.69, 9.17) is 0 Å². The van der Waals surface area contributed by atoms with Gasteiger partial charge < -0.3 is 10.3 Å². The molecule has 3 N–H and O–H groups in total. The first-order valence-corrected chi connectivity index (χ1v) is 6.63. The average molecular weight is 264 g/mol. The summed E-state index contributed by atoms with van der Waals surface area (Å²) >= 11 is 0. The highest BCUT2D eigenvalue weighted by Gasteiger charge is 2.26. The van der Waals surface area contributed by atoms with Crippen LogP contribution >= 0.6 is 0 Å². The number of nitrogens with one attached hydrogen (secondary N) is 3. The molecule has 2 heterocycles. The number of hydrogen-bond acceptors (Lipinski definition) is 4. The molecule has 1 saturated heterocycles. The van der Waals surface area contributed by atoms with Gasteiger partial charge in [0.2, 0.25) is 5.91 Å². The topological polar surface area (TPSA) is 77.2 Å². The second-order valence-electron chi connectivity index (χ2n) is 4.74. The molecule has 0 saturated carbocycles. The van der Waals surface area contributed by atoms with Crippen LogP contribution in [0.1, 0.15) is 23.8 Å². The van der Waals surface area contributed by atoms with Gasteiger partial charge >= 0.3 is 0 Å². The van der Waals surface area contributed by atoms with Gasteiger partial charge in [0, 0.05) is 25.3 Å². The van der Waals surface area contributed by atoms with Crippen molar-refractivity contribution in [3.8, 4) is 0 Å². The van der Waals surface area contributed by atoms with E-state index in [1.807, 2.05) is 0 Å². The molecule has 0 spiro atoms. The van der Waals surface area contributed by atoms with Gasteiger partial charge in [-0.05, 0) is 25.1 Å². The number of rotatable bonds is 6. The van der Waals surface area contributed by atoms with E-state index < -0.39 is 0 Å². The van der Waals surface area contributed by atoms with E-state index in [1.54, 1.807) is 18.3 Å². The van der Waals surface area contributed by atoms with Gasteiger partial charge in [0.15, 0.2) is 0 Å². The van der Waals surface area contributed by atoms with Crippen molar-refractivity contribution in [3.63, 3.8) is 0 Å². The molecular formula is C13H20N4O2. The number of H-pyrrole nitrogens is 1. The number of imide groups is 1. The predicted octanol–water partition coefficient (Wildman–Crippen LogP) is -0.0451. The van der Waals surface area contributed by atoms with Crippen LogP contribution in [0.25, 0.3) is 0 Å². The van der Waals surface area contributed by atoms with Crippen LogP contribution in [0.15, 0.2) is 18.3 Å². The summed E-state index contributed by atoms with van der Waals surface area (Å²) in [5.74, 6) is -0.627. The second-order valence-corrected chi connectivity index (χ2v) is 4.74. The smallest absolute Gasteiger partial charge is 0.274 e. The Morgan fingerprint density at radius 2 is 2.26 bits per heavy atom. The third-order valence-electron chi connectivity index (χ3n) is 3.23. The molecule has 6 heteroatoms.